The molecule has 0 N–H and O–H groups in total. The minimum atomic E-state index is 0.648. The van der Waals surface area contributed by atoms with E-state index in [2.05, 4.69) is 144 Å². The molecule has 0 amide bonds. The van der Waals surface area contributed by atoms with Gasteiger partial charge >= 0.3 is 0 Å². The fourth-order valence-electron chi connectivity index (χ4n) is 7.17. The maximum atomic E-state index is 9.25. The number of hydrogen-bond donors (Lipinski definition) is 0. The lowest BCUT2D eigenvalue weighted by Gasteiger charge is -2.25. The molecule has 0 spiro atoms. The van der Waals surface area contributed by atoms with Crippen molar-refractivity contribution in [3.05, 3.63) is 163 Å². The van der Waals surface area contributed by atoms with E-state index in [1.165, 1.54) is 10.8 Å². The van der Waals surface area contributed by atoms with Gasteiger partial charge in [-0.1, -0.05) is 72.8 Å². The van der Waals surface area contributed by atoms with E-state index in [0.29, 0.717) is 5.56 Å². The zero-order valence-electron chi connectivity index (χ0n) is 26.2. The summed E-state index contributed by atoms with van der Waals surface area (Å²) in [6, 6.07) is 56.8. The number of nitrogens with zero attached hydrogens (tertiary/aromatic N) is 2. The third-order valence-corrected chi connectivity index (χ3v) is 9.64. The maximum Gasteiger partial charge on any atom is 0.137 e. The van der Waals surface area contributed by atoms with Crippen molar-refractivity contribution < 1.29 is 8.83 Å². The molecule has 4 heteroatoms. The molecule has 8 aromatic carbocycles. The molecule has 10 rings (SSSR count). The first-order valence-corrected chi connectivity index (χ1v) is 16.3. The van der Waals surface area contributed by atoms with Gasteiger partial charge in [-0.2, -0.15) is 5.26 Å². The molecule has 0 saturated heterocycles. The van der Waals surface area contributed by atoms with Crippen molar-refractivity contribution in [1.82, 2.24) is 0 Å². The molecule has 228 valence electrons. The molecule has 10 aromatic rings. The molecule has 49 heavy (non-hydrogen) atoms. The fraction of sp³-hybridized carbons (Fsp3) is 0. The van der Waals surface area contributed by atoms with Gasteiger partial charge in [-0.25, -0.2) is 0 Å². The highest BCUT2D eigenvalue weighted by atomic mass is 16.3. The summed E-state index contributed by atoms with van der Waals surface area (Å²) in [5, 5.41) is 18.3. The maximum absolute atomic E-state index is 9.25. The summed E-state index contributed by atoms with van der Waals surface area (Å²) in [4.78, 5) is 2.24. The van der Waals surface area contributed by atoms with Crippen molar-refractivity contribution >= 4 is 82.5 Å². The predicted octanol–water partition coefficient (Wildman–Crippen LogP) is 12.8. The molecule has 2 aromatic heterocycles. The van der Waals surface area contributed by atoms with Gasteiger partial charge in [-0.05, 0) is 105 Å². The van der Waals surface area contributed by atoms with Crippen molar-refractivity contribution in [3.8, 4) is 17.2 Å². The van der Waals surface area contributed by atoms with Gasteiger partial charge < -0.3 is 13.7 Å². The number of rotatable bonds is 4. The SMILES string of the molecule is N#Cc1ccc(-c2ccc(N(c3ccc4c(c3)oc3cc5ccccc5cc34)c3ccc4c(c3)oc3cc5ccccc5cc34)cc2)cc1. The summed E-state index contributed by atoms with van der Waals surface area (Å²) in [5.74, 6) is 0. The van der Waals surface area contributed by atoms with Crippen LogP contribution in [-0.4, -0.2) is 0 Å². The van der Waals surface area contributed by atoms with Crippen LogP contribution in [0.4, 0.5) is 17.1 Å². The van der Waals surface area contributed by atoms with Crippen LogP contribution in [-0.2, 0) is 0 Å². The lowest BCUT2D eigenvalue weighted by atomic mass is 10.0. The zero-order chi connectivity index (χ0) is 32.5. The van der Waals surface area contributed by atoms with Crippen LogP contribution >= 0.6 is 0 Å². The van der Waals surface area contributed by atoms with Crippen molar-refractivity contribution in [1.29, 1.82) is 5.26 Å². The molecule has 4 nitrogen and oxygen atoms in total. The number of furan rings is 2. The molecule has 0 unspecified atom stereocenters. The van der Waals surface area contributed by atoms with E-state index in [9.17, 15) is 5.26 Å². The highest BCUT2D eigenvalue weighted by Crippen LogP contribution is 2.42. The van der Waals surface area contributed by atoms with Gasteiger partial charge in [0.05, 0.1) is 11.6 Å². The van der Waals surface area contributed by atoms with E-state index in [0.717, 1.165) is 82.8 Å². The van der Waals surface area contributed by atoms with Gasteiger partial charge in [0.25, 0.3) is 0 Å². The number of hydrogen-bond acceptors (Lipinski definition) is 4. The molecule has 0 fully saturated rings. The molecule has 0 aliphatic carbocycles. The Hall–Kier alpha value is -6.83. The van der Waals surface area contributed by atoms with Crippen LogP contribution in [0.25, 0.3) is 76.5 Å². The van der Waals surface area contributed by atoms with Gasteiger partial charge in [-0.3, -0.25) is 0 Å². The van der Waals surface area contributed by atoms with Crippen LogP contribution < -0.4 is 4.90 Å². The minimum absolute atomic E-state index is 0.648. The third-order valence-electron chi connectivity index (χ3n) is 9.64. The van der Waals surface area contributed by atoms with Gasteiger partial charge in [-0.15, -0.1) is 0 Å². The van der Waals surface area contributed by atoms with E-state index in [-0.39, 0.29) is 0 Å². The smallest absolute Gasteiger partial charge is 0.137 e. The summed E-state index contributed by atoms with van der Waals surface area (Å²) in [6.45, 7) is 0. The van der Waals surface area contributed by atoms with Gasteiger partial charge in [0.2, 0.25) is 0 Å². The van der Waals surface area contributed by atoms with Crippen LogP contribution in [0, 0.1) is 11.3 Å². The minimum Gasteiger partial charge on any atom is -0.456 e. The largest absolute Gasteiger partial charge is 0.456 e. The number of benzene rings is 8. The molecule has 0 aliphatic rings. The summed E-state index contributed by atoms with van der Waals surface area (Å²) >= 11 is 0. The van der Waals surface area contributed by atoms with E-state index in [1.807, 2.05) is 24.3 Å². The van der Waals surface area contributed by atoms with Crippen LogP contribution in [0.5, 0.6) is 0 Å². The average Bonchev–Trinajstić information content (AvgIpc) is 3.69. The summed E-state index contributed by atoms with van der Waals surface area (Å²) in [6.07, 6.45) is 0. The number of anilines is 3. The molecule has 0 bridgehead atoms. The highest BCUT2D eigenvalue weighted by molar-refractivity contribution is 6.12. The molecule has 0 radical (unpaired) electrons. The molecule has 0 saturated carbocycles. The summed E-state index contributed by atoms with van der Waals surface area (Å²) < 4.78 is 13.0. The number of nitriles is 1. The molecule has 2 heterocycles. The Morgan fingerprint density at radius 1 is 0.388 bits per heavy atom. The number of fused-ring (bicyclic) bond motifs is 8. The Labute approximate surface area is 281 Å². The third kappa shape index (κ3) is 4.45. The predicted molar refractivity (Wildman–Crippen MR) is 201 cm³/mol. The molecular weight excluding hydrogens is 601 g/mol. The van der Waals surface area contributed by atoms with Crippen molar-refractivity contribution in [2.75, 3.05) is 4.90 Å². The van der Waals surface area contributed by atoms with E-state index >= 15 is 0 Å². The topological polar surface area (TPSA) is 53.3 Å². The Morgan fingerprint density at radius 2 is 0.796 bits per heavy atom. The second-order valence-electron chi connectivity index (χ2n) is 12.5. The molecule has 0 atom stereocenters. The van der Waals surface area contributed by atoms with E-state index in [4.69, 9.17) is 8.83 Å². The van der Waals surface area contributed by atoms with Gasteiger partial charge in [0, 0.05) is 50.7 Å². The van der Waals surface area contributed by atoms with Crippen molar-refractivity contribution in [2.24, 2.45) is 0 Å². The Balaban J connectivity index is 1.14. The first kappa shape index (κ1) is 27.3. The second-order valence-corrected chi connectivity index (χ2v) is 12.5. The molecule has 0 aliphatic heterocycles. The first-order chi connectivity index (χ1) is 24.2. The Bertz CT molecular complexity index is 2790. The summed E-state index contributed by atoms with van der Waals surface area (Å²) in [7, 11) is 0. The highest BCUT2D eigenvalue weighted by Gasteiger charge is 2.18. The van der Waals surface area contributed by atoms with E-state index < -0.39 is 0 Å². The van der Waals surface area contributed by atoms with Crippen LogP contribution in [0.3, 0.4) is 0 Å². The molecular formula is C45H26N2O2. The van der Waals surface area contributed by atoms with E-state index in [1.54, 1.807) is 0 Å². The average molecular weight is 627 g/mol. The van der Waals surface area contributed by atoms with Gasteiger partial charge in [0.15, 0.2) is 0 Å². The summed E-state index contributed by atoms with van der Waals surface area (Å²) in [5.41, 5.74) is 9.15. The van der Waals surface area contributed by atoms with Crippen molar-refractivity contribution in [2.45, 2.75) is 0 Å². The van der Waals surface area contributed by atoms with Gasteiger partial charge in [0.1, 0.15) is 22.3 Å². The van der Waals surface area contributed by atoms with Crippen LogP contribution in [0.2, 0.25) is 0 Å². The normalized spacial score (nSPS) is 11.7. The van der Waals surface area contributed by atoms with Crippen molar-refractivity contribution in [3.63, 3.8) is 0 Å². The second kappa shape index (κ2) is 10.6. The monoisotopic (exact) mass is 626 g/mol. The Kier molecular flexibility index (Phi) is 5.90. The lowest BCUT2D eigenvalue weighted by molar-refractivity contribution is 0.669. The lowest BCUT2D eigenvalue weighted by Crippen LogP contribution is -2.09. The van der Waals surface area contributed by atoms with Crippen LogP contribution in [0.1, 0.15) is 5.56 Å². The fourth-order valence-corrected chi connectivity index (χ4v) is 7.17. The zero-order valence-corrected chi connectivity index (χ0v) is 26.2. The van der Waals surface area contributed by atoms with Crippen LogP contribution in [0.15, 0.2) is 167 Å². The first-order valence-electron chi connectivity index (χ1n) is 16.3. The quantitative estimate of drug-likeness (QED) is 0.195. The standard InChI is InChI=1S/C45H26N2O2/c46-27-28-9-11-29(12-10-28)30-13-15-35(16-14-30)47(36-17-19-38-40-21-31-5-1-3-7-33(31)23-42(40)48-44(38)25-36)37-18-20-39-41-22-32-6-2-4-8-34(32)24-43(41)49-45(39)26-37/h1-26H. The Morgan fingerprint density at radius 3 is 1.27 bits per heavy atom.